The van der Waals surface area contributed by atoms with Crippen molar-refractivity contribution in [3.05, 3.63) is 29.3 Å². The molecule has 0 saturated heterocycles. The minimum atomic E-state index is -1.20. The van der Waals surface area contributed by atoms with Gasteiger partial charge >= 0.3 is 19.1 Å². The van der Waals surface area contributed by atoms with E-state index in [-0.39, 0.29) is 29.3 Å². The Labute approximate surface area is 177 Å². The van der Waals surface area contributed by atoms with Crippen molar-refractivity contribution in [3.63, 3.8) is 0 Å². The van der Waals surface area contributed by atoms with Crippen LogP contribution in [0.4, 0.5) is 0 Å². The average Bonchev–Trinajstić information content (AvgIpc) is 2.68. The Kier molecular flexibility index (Phi) is 8.43. The van der Waals surface area contributed by atoms with Gasteiger partial charge in [-0.2, -0.15) is 0 Å². The van der Waals surface area contributed by atoms with Crippen molar-refractivity contribution in [2.24, 2.45) is 0 Å². The Hall–Kier alpha value is -2.39. The van der Waals surface area contributed by atoms with Crippen LogP contribution in [0.3, 0.4) is 0 Å². The molecule has 1 N–H and O–H groups in total. The molecule has 0 spiro atoms. The fourth-order valence-electron chi connectivity index (χ4n) is 3.30. The number of Topliss-reactive ketones (excluding diaryl/α,β-unsaturated/α-hetero) is 1. The average molecular weight is 420 g/mol. The third-order valence-corrected chi connectivity index (χ3v) is 4.84. The number of carbonyl (C=O) groups is 3. The van der Waals surface area contributed by atoms with Gasteiger partial charge in [0.15, 0.2) is 5.60 Å². The molecule has 0 aromatic heterocycles. The summed E-state index contributed by atoms with van der Waals surface area (Å²) in [6.45, 7) is 6.56. The van der Waals surface area contributed by atoms with Crippen LogP contribution in [0.1, 0.15) is 62.9 Å². The molecule has 0 unspecified atom stereocenters. The highest BCUT2D eigenvalue weighted by Gasteiger charge is 2.38. The second kappa shape index (κ2) is 10.6. The molecule has 0 aliphatic carbocycles. The summed E-state index contributed by atoms with van der Waals surface area (Å²) in [5.41, 5.74) is -0.326. The number of para-hydroxylation sites is 1. The van der Waals surface area contributed by atoms with Gasteiger partial charge in [-0.25, -0.2) is 9.59 Å². The van der Waals surface area contributed by atoms with E-state index < -0.39 is 31.5 Å². The largest absolute Gasteiger partial charge is 0.535 e. The van der Waals surface area contributed by atoms with Gasteiger partial charge in [-0.1, -0.05) is 19.1 Å². The molecule has 8 nitrogen and oxygen atoms in total. The van der Waals surface area contributed by atoms with Crippen LogP contribution in [-0.2, 0) is 30.2 Å². The van der Waals surface area contributed by atoms with Crippen LogP contribution in [0.5, 0.6) is 5.75 Å². The number of esters is 2. The highest BCUT2D eigenvalue weighted by Crippen LogP contribution is 2.36. The SMILES string of the molecule is CCCC(=O)C[C@H]1Cc2cccc(C(=O)OCOC(=O)C(C)(C)OCC)c2OB1O. The van der Waals surface area contributed by atoms with Crippen molar-refractivity contribution < 1.29 is 38.3 Å². The lowest BCUT2D eigenvalue weighted by molar-refractivity contribution is -0.175. The van der Waals surface area contributed by atoms with E-state index in [1.165, 1.54) is 6.07 Å². The van der Waals surface area contributed by atoms with Gasteiger partial charge in [0.2, 0.25) is 6.79 Å². The van der Waals surface area contributed by atoms with E-state index in [4.69, 9.17) is 18.9 Å². The van der Waals surface area contributed by atoms with Crippen LogP contribution in [-0.4, -0.2) is 48.9 Å². The molecule has 1 heterocycles. The summed E-state index contributed by atoms with van der Waals surface area (Å²) in [5.74, 6) is -1.49. The smallest absolute Gasteiger partial charge is 0.526 e. The van der Waals surface area contributed by atoms with Crippen molar-refractivity contribution >= 4 is 24.8 Å². The molecule has 0 amide bonds. The zero-order chi connectivity index (χ0) is 22.3. The maximum Gasteiger partial charge on any atom is 0.526 e. The highest BCUT2D eigenvalue weighted by atomic mass is 16.7. The lowest BCUT2D eigenvalue weighted by Gasteiger charge is -2.28. The zero-order valence-corrected chi connectivity index (χ0v) is 17.9. The highest BCUT2D eigenvalue weighted by molar-refractivity contribution is 6.47. The molecule has 1 aliphatic rings. The van der Waals surface area contributed by atoms with Crippen molar-refractivity contribution in [1.29, 1.82) is 0 Å². The Bertz CT molecular complexity index is 776. The number of benzene rings is 1. The van der Waals surface area contributed by atoms with Gasteiger partial charge in [0.05, 0.1) is 0 Å². The minimum absolute atomic E-state index is 0.0703. The first-order valence-electron chi connectivity index (χ1n) is 10.2. The summed E-state index contributed by atoms with van der Waals surface area (Å²) >= 11 is 0. The molecular formula is C21H29BO8. The fraction of sp³-hybridized carbons (Fsp3) is 0.571. The first-order chi connectivity index (χ1) is 14.2. The maximum absolute atomic E-state index is 12.5. The summed E-state index contributed by atoms with van der Waals surface area (Å²) in [7, 11) is -1.20. The fourth-order valence-corrected chi connectivity index (χ4v) is 3.30. The van der Waals surface area contributed by atoms with E-state index in [0.717, 1.165) is 6.42 Å². The third kappa shape index (κ3) is 6.06. The van der Waals surface area contributed by atoms with Gasteiger partial charge in [-0.05, 0) is 45.2 Å². The van der Waals surface area contributed by atoms with E-state index in [0.29, 0.717) is 25.0 Å². The molecule has 1 atom stereocenters. The van der Waals surface area contributed by atoms with Crippen LogP contribution >= 0.6 is 0 Å². The molecule has 0 bridgehead atoms. The Morgan fingerprint density at radius 3 is 2.63 bits per heavy atom. The van der Waals surface area contributed by atoms with Crippen molar-refractivity contribution in [2.45, 2.75) is 64.8 Å². The number of rotatable bonds is 10. The topological polar surface area (TPSA) is 108 Å². The number of hydrogen-bond donors (Lipinski definition) is 1. The van der Waals surface area contributed by atoms with Crippen LogP contribution in [0.2, 0.25) is 5.82 Å². The molecule has 1 aromatic rings. The monoisotopic (exact) mass is 420 g/mol. The molecule has 2 rings (SSSR count). The molecular weight excluding hydrogens is 391 g/mol. The lowest BCUT2D eigenvalue weighted by Crippen LogP contribution is -2.37. The normalized spacial score (nSPS) is 15.8. The van der Waals surface area contributed by atoms with E-state index in [1.54, 1.807) is 32.9 Å². The Morgan fingerprint density at radius 1 is 1.23 bits per heavy atom. The van der Waals surface area contributed by atoms with Crippen LogP contribution in [0.15, 0.2) is 18.2 Å². The predicted octanol–water partition coefficient (Wildman–Crippen LogP) is 2.70. The van der Waals surface area contributed by atoms with E-state index >= 15 is 0 Å². The summed E-state index contributed by atoms with van der Waals surface area (Å²) in [6, 6.07) is 4.95. The molecule has 9 heteroatoms. The number of fused-ring (bicyclic) bond motifs is 1. The first kappa shape index (κ1) is 23.9. The van der Waals surface area contributed by atoms with Gasteiger partial charge in [-0.3, -0.25) is 4.79 Å². The number of carbonyl (C=O) groups excluding carboxylic acids is 3. The molecule has 30 heavy (non-hydrogen) atoms. The zero-order valence-electron chi connectivity index (χ0n) is 17.9. The van der Waals surface area contributed by atoms with E-state index in [1.807, 2.05) is 6.92 Å². The van der Waals surface area contributed by atoms with Crippen LogP contribution < -0.4 is 4.65 Å². The summed E-state index contributed by atoms with van der Waals surface area (Å²) in [5, 5.41) is 10.3. The third-order valence-electron chi connectivity index (χ3n) is 4.84. The van der Waals surface area contributed by atoms with Crippen molar-refractivity contribution in [3.8, 4) is 5.75 Å². The molecule has 0 radical (unpaired) electrons. The number of ketones is 1. The maximum atomic E-state index is 12.5. The minimum Gasteiger partial charge on any atom is -0.535 e. The van der Waals surface area contributed by atoms with Gasteiger partial charge in [0, 0.05) is 25.3 Å². The quantitative estimate of drug-likeness (QED) is 0.350. The van der Waals surface area contributed by atoms with Crippen molar-refractivity contribution in [1.82, 2.24) is 0 Å². The molecule has 164 valence electrons. The Morgan fingerprint density at radius 2 is 1.97 bits per heavy atom. The first-order valence-corrected chi connectivity index (χ1v) is 10.2. The predicted molar refractivity (Wildman–Crippen MR) is 109 cm³/mol. The van der Waals surface area contributed by atoms with Gasteiger partial charge < -0.3 is 23.9 Å². The van der Waals surface area contributed by atoms with Crippen LogP contribution in [0, 0.1) is 0 Å². The standard InChI is InChI=1S/C21H29BO8/c1-5-8-16(23)12-15-11-14-9-7-10-17(18(14)30-22(15)26)19(24)27-13-28-20(25)21(3,4)29-6-2/h7,9-10,15,26H,5-6,8,11-13H2,1-4H3/t15-/m1/s1. The van der Waals surface area contributed by atoms with E-state index in [9.17, 15) is 19.4 Å². The summed E-state index contributed by atoms with van der Waals surface area (Å²) in [6.07, 6.45) is 1.84. The molecule has 0 saturated carbocycles. The van der Waals surface area contributed by atoms with Crippen LogP contribution in [0.25, 0.3) is 0 Å². The molecule has 1 aromatic carbocycles. The molecule has 0 fully saturated rings. The summed E-state index contributed by atoms with van der Waals surface area (Å²) in [4.78, 5) is 36.4. The number of hydrogen-bond acceptors (Lipinski definition) is 8. The van der Waals surface area contributed by atoms with Gasteiger partial charge in [0.25, 0.3) is 0 Å². The second-order valence-corrected chi connectivity index (χ2v) is 7.68. The van der Waals surface area contributed by atoms with E-state index in [2.05, 4.69) is 0 Å². The van der Waals surface area contributed by atoms with Crippen molar-refractivity contribution in [2.75, 3.05) is 13.4 Å². The number of ether oxygens (including phenoxy) is 3. The lowest BCUT2D eigenvalue weighted by atomic mass is 9.64. The second-order valence-electron chi connectivity index (χ2n) is 7.68. The summed E-state index contributed by atoms with van der Waals surface area (Å²) < 4.78 is 20.9. The molecule has 1 aliphatic heterocycles. The van der Waals surface area contributed by atoms with Gasteiger partial charge in [0.1, 0.15) is 17.1 Å². The Balaban J connectivity index is 2.01. The van der Waals surface area contributed by atoms with Gasteiger partial charge in [-0.15, -0.1) is 0 Å².